The molecule has 6 heteroatoms. The number of halogens is 1. The number of fused-ring (bicyclic) bond motifs is 1. The molecule has 0 aliphatic carbocycles. The molecule has 1 aromatic rings. The first kappa shape index (κ1) is 13.0. The van der Waals surface area contributed by atoms with E-state index in [-0.39, 0.29) is 16.9 Å². The fraction of sp³-hybridized carbons (Fsp3) is 0.417. The molecule has 2 rings (SSSR count). The first-order valence-corrected chi connectivity index (χ1v) is 6.98. The molecule has 0 saturated carbocycles. The predicted octanol–water partition coefficient (Wildman–Crippen LogP) is 1.63. The Labute approximate surface area is 104 Å². The number of benzene rings is 1. The maximum atomic E-state index is 13.6. The van der Waals surface area contributed by atoms with Gasteiger partial charge in [-0.15, -0.1) is 0 Å². The number of carboxylic acids is 1. The van der Waals surface area contributed by atoms with Crippen LogP contribution < -0.4 is 0 Å². The summed E-state index contributed by atoms with van der Waals surface area (Å²) >= 11 is 0. The number of hydrogen-bond donors (Lipinski definition) is 1. The summed E-state index contributed by atoms with van der Waals surface area (Å²) in [5.74, 6) is -1.80. The molecular formula is C12H13FO4S. The van der Waals surface area contributed by atoms with Crippen LogP contribution in [0.5, 0.6) is 0 Å². The van der Waals surface area contributed by atoms with Crippen LogP contribution in [-0.4, -0.2) is 24.7 Å². The number of carbonyl (C=O) groups is 1. The van der Waals surface area contributed by atoms with Gasteiger partial charge in [0.1, 0.15) is 5.82 Å². The van der Waals surface area contributed by atoms with Crippen molar-refractivity contribution in [3.8, 4) is 0 Å². The van der Waals surface area contributed by atoms with Gasteiger partial charge in [0.15, 0.2) is 9.84 Å². The van der Waals surface area contributed by atoms with E-state index in [4.69, 9.17) is 5.11 Å². The van der Waals surface area contributed by atoms with Crippen molar-refractivity contribution in [2.75, 3.05) is 0 Å². The molecule has 1 aromatic carbocycles. The van der Waals surface area contributed by atoms with Crippen molar-refractivity contribution in [2.24, 2.45) is 5.41 Å². The van der Waals surface area contributed by atoms with Gasteiger partial charge in [0.25, 0.3) is 0 Å². The van der Waals surface area contributed by atoms with Crippen molar-refractivity contribution in [2.45, 2.75) is 30.4 Å². The Hall–Kier alpha value is -1.43. The van der Waals surface area contributed by atoms with E-state index >= 15 is 0 Å². The molecule has 1 aliphatic rings. The number of aliphatic carboxylic acids is 1. The third-order valence-electron chi connectivity index (χ3n) is 3.50. The zero-order valence-corrected chi connectivity index (χ0v) is 10.8. The standard InChI is InChI=1S/C12H13FO4S/c1-12(2,11(14)15)10-6-7-8(13)4-3-5-9(7)18(10,16)17/h3-5,10H,6H2,1-2H3,(H,14,15). The molecule has 18 heavy (non-hydrogen) atoms. The summed E-state index contributed by atoms with van der Waals surface area (Å²) in [4.78, 5) is 11.1. The second kappa shape index (κ2) is 3.78. The summed E-state index contributed by atoms with van der Waals surface area (Å²) in [7, 11) is -3.79. The van der Waals surface area contributed by atoms with Crippen LogP contribution in [0.4, 0.5) is 4.39 Å². The summed E-state index contributed by atoms with van der Waals surface area (Å²) in [6, 6.07) is 3.83. The molecule has 0 saturated heterocycles. The van der Waals surface area contributed by atoms with Crippen LogP contribution in [0.3, 0.4) is 0 Å². The first-order chi connectivity index (χ1) is 8.19. The average Bonchev–Trinajstić information content (AvgIpc) is 2.53. The third-order valence-corrected chi connectivity index (χ3v) is 6.00. The van der Waals surface area contributed by atoms with Gasteiger partial charge in [-0.2, -0.15) is 0 Å². The number of sulfone groups is 1. The molecule has 1 aliphatic heterocycles. The Balaban J connectivity index is 2.61. The Morgan fingerprint density at radius 3 is 2.56 bits per heavy atom. The smallest absolute Gasteiger partial charge is 0.310 e. The lowest BCUT2D eigenvalue weighted by molar-refractivity contribution is -0.146. The SMILES string of the molecule is CC(C)(C(=O)O)C1Cc2c(F)cccc2S1(=O)=O. The van der Waals surface area contributed by atoms with Crippen molar-refractivity contribution in [1.29, 1.82) is 0 Å². The summed E-state index contributed by atoms with van der Waals surface area (Å²) in [6.07, 6.45) is -0.0936. The molecule has 0 fully saturated rings. The maximum absolute atomic E-state index is 13.6. The third kappa shape index (κ3) is 1.63. The van der Waals surface area contributed by atoms with Crippen LogP contribution >= 0.6 is 0 Å². The lowest BCUT2D eigenvalue weighted by Gasteiger charge is -2.25. The van der Waals surface area contributed by atoms with Crippen molar-refractivity contribution in [3.63, 3.8) is 0 Å². The summed E-state index contributed by atoms with van der Waals surface area (Å²) in [6.45, 7) is 2.70. The molecule has 1 N–H and O–H groups in total. The van der Waals surface area contributed by atoms with E-state index in [1.54, 1.807) is 0 Å². The summed E-state index contributed by atoms with van der Waals surface area (Å²) in [5.41, 5.74) is -1.36. The van der Waals surface area contributed by atoms with Crippen molar-refractivity contribution in [1.82, 2.24) is 0 Å². The molecule has 4 nitrogen and oxygen atoms in total. The van der Waals surface area contributed by atoms with Gasteiger partial charge in [0.05, 0.1) is 15.6 Å². The molecule has 0 bridgehead atoms. The van der Waals surface area contributed by atoms with E-state index in [9.17, 15) is 17.6 Å². The lowest BCUT2D eigenvalue weighted by atomic mass is 9.86. The highest BCUT2D eigenvalue weighted by atomic mass is 32.2. The molecule has 0 aromatic heterocycles. The molecule has 0 radical (unpaired) electrons. The van der Waals surface area contributed by atoms with Gasteiger partial charge in [-0.3, -0.25) is 4.79 Å². The van der Waals surface area contributed by atoms with Gasteiger partial charge in [-0.25, -0.2) is 12.8 Å². The number of hydrogen-bond acceptors (Lipinski definition) is 3. The minimum atomic E-state index is -3.79. The molecule has 98 valence electrons. The minimum absolute atomic E-state index is 0.0816. The molecule has 1 heterocycles. The highest BCUT2D eigenvalue weighted by Gasteiger charge is 2.50. The molecular weight excluding hydrogens is 259 g/mol. The fourth-order valence-corrected chi connectivity index (χ4v) is 4.59. The molecule has 1 atom stereocenters. The van der Waals surface area contributed by atoms with E-state index in [0.717, 1.165) is 0 Å². The predicted molar refractivity (Wildman–Crippen MR) is 62.5 cm³/mol. The largest absolute Gasteiger partial charge is 0.481 e. The van der Waals surface area contributed by atoms with Gasteiger partial charge >= 0.3 is 5.97 Å². The van der Waals surface area contributed by atoms with Crippen LogP contribution in [0.2, 0.25) is 0 Å². The quantitative estimate of drug-likeness (QED) is 0.888. The number of rotatable bonds is 2. The van der Waals surface area contributed by atoms with E-state index in [2.05, 4.69) is 0 Å². The Morgan fingerprint density at radius 1 is 1.44 bits per heavy atom. The van der Waals surface area contributed by atoms with Gasteiger partial charge in [0, 0.05) is 5.56 Å². The van der Waals surface area contributed by atoms with E-state index in [1.807, 2.05) is 0 Å². The van der Waals surface area contributed by atoms with Crippen LogP contribution in [0.25, 0.3) is 0 Å². The Kier molecular flexibility index (Phi) is 2.73. The first-order valence-electron chi connectivity index (χ1n) is 5.43. The van der Waals surface area contributed by atoms with Crippen LogP contribution in [0.15, 0.2) is 23.1 Å². The zero-order chi connectivity index (χ0) is 13.7. The van der Waals surface area contributed by atoms with Crippen molar-refractivity contribution >= 4 is 15.8 Å². The average molecular weight is 272 g/mol. The fourth-order valence-electron chi connectivity index (χ4n) is 2.23. The van der Waals surface area contributed by atoms with E-state index < -0.39 is 32.3 Å². The highest BCUT2D eigenvalue weighted by Crippen LogP contribution is 2.41. The number of carboxylic acid groups (broad SMARTS) is 1. The van der Waals surface area contributed by atoms with E-state index in [0.29, 0.717) is 0 Å². The topological polar surface area (TPSA) is 71.4 Å². The monoisotopic (exact) mass is 272 g/mol. The van der Waals surface area contributed by atoms with Crippen LogP contribution in [-0.2, 0) is 21.1 Å². The van der Waals surface area contributed by atoms with Crippen LogP contribution in [0, 0.1) is 11.2 Å². The van der Waals surface area contributed by atoms with Gasteiger partial charge in [0.2, 0.25) is 0 Å². The zero-order valence-electron chi connectivity index (χ0n) is 9.97. The molecule has 1 unspecified atom stereocenters. The van der Waals surface area contributed by atoms with Gasteiger partial charge in [-0.05, 0) is 32.4 Å². The maximum Gasteiger partial charge on any atom is 0.310 e. The summed E-state index contributed by atoms with van der Waals surface area (Å²) < 4.78 is 38.1. The molecule has 0 spiro atoms. The van der Waals surface area contributed by atoms with E-state index in [1.165, 1.54) is 32.0 Å². The normalized spacial score (nSPS) is 21.6. The second-order valence-electron chi connectivity index (χ2n) is 4.98. The Bertz CT molecular complexity index is 619. The lowest BCUT2D eigenvalue weighted by Crippen LogP contribution is -2.41. The van der Waals surface area contributed by atoms with Gasteiger partial charge in [-0.1, -0.05) is 6.07 Å². The van der Waals surface area contributed by atoms with Crippen molar-refractivity contribution < 1.29 is 22.7 Å². The summed E-state index contributed by atoms with van der Waals surface area (Å²) in [5, 5.41) is 7.99. The molecule has 0 amide bonds. The second-order valence-corrected chi connectivity index (χ2v) is 7.08. The highest BCUT2D eigenvalue weighted by molar-refractivity contribution is 7.92. The minimum Gasteiger partial charge on any atom is -0.481 e. The Morgan fingerprint density at radius 2 is 2.06 bits per heavy atom. The van der Waals surface area contributed by atoms with Gasteiger partial charge < -0.3 is 5.11 Å². The van der Waals surface area contributed by atoms with Crippen molar-refractivity contribution in [3.05, 3.63) is 29.6 Å². The van der Waals surface area contributed by atoms with Crippen LogP contribution in [0.1, 0.15) is 19.4 Å².